The van der Waals surface area contributed by atoms with Crippen LogP contribution in [0.5, 0.6) is 5.75 Å². The average Bonchev–Trinajstić information content (AvgIpc) is 2.98. The van der Waals surface area contributed by atoms with Gasteiger partial charge >= 0.3 is 0 Å². The summed E-state index contributed by atoms with van der Waals surface area (Å²) in [5.74, 6) is 0.603. The van der Waals surface area contributed by atoms with Crippen molar-refractivity contribution in [2.45, 2.75) is 6.92 Å². The van der Waals surface area contributed by atoms with E-state index in [4.69, 9.17) is 4.74 Å². The molecule has 1 aromatic carbocycles. The molecule has 0 atom stereocenters. The summed E-state index contributed by atoms with van der Waals surface area (Å²) in [4.78, 5) is 3.77. The van der Waals surface area contributed by atoms with Crippen LogP contribution in [-0.4, -0.2) is 26.6 Å². The monoisotopic (exact) mass is 284 g/mol. The van der Waals surface area contributed by atoms with Crippen LogP contribution in [0.3, 0.4) is 0 Å². The second-order valence-electron chi connectivity index (χ2n) is 4.33. The fourth-order valence-electron chi connectivity index (χ4n) is 1.95. The summed E-state index contributed by atoms with van der Waals surface area (Å²) in [6.07, 6.45) is 1.70. The van der Waals surface area contributed by atoms with Gasteiger partial charge in [-0.15, -0.1) is 5.10 Å². The predicted molar refractivity (Wildman–Crippen MR) is 75.7 cm³/mol. The van der Waals surface area contributed by atoms with Crippen LogP contribution < -0.4 is 4.74 Å². The molecule has 0 aliphatic carbocycles. The van der Waals surface area contributed by atoms with E-state index in [1.807, 2.05) is 31.2 Å². The minimum Gasteiger partial charge on any atom is -0.494 e. The quantitative estimate of drug-likeness (QED) is 0.691. The topological polar surface area (TPSA) is 52.8 Å². The molecule has 5 nitrogen and oxygen atoms in total. The van der Waals surface area contributed by atoms with Crippen LogP contribution >= 0.6 is 0 Å². The molecule has 0 saturated carbocycles. The molecule has 0 aliphatic heterocycles. The Kier molecular flexibility index (Phi) is 3.59. The van der Waals surface area contributed by atoms with Crippen molar-refractivity contribution in [3.63, 3.8) is 0 Å². The zero-order valence-electron chi connectivity index (χ0n) is 11.4. The van der Waals surface area contributed by atoms with Gasteiger partial charge in [-0.1, -0.05) is 23.4 Å². The summed E-state index contributed by atoms with van der Waals surface area (Å²) < 4.78 is 20.0. The molecule has 0 spiro atoms. The van der Waals surface area contributed by atoms with Crippen LogP contribution in [0.1, 0.15) is 6.92 Å². The van der Waals surface area contributed by atoms with Gasteiger partial charge in [-0.3, -0.25) is 0 Å². The SMILES string of the molecule is CCOc1cccc(-c2cn(-c3cccc(F)n3)nn2)c1. The Morgan fingerprint density at radius 1 is 1.19 bits per heavy atom. The van der Waals surface area contributed by atoms with E-state index in [-0.39, 0.29) is 0 Å². The molecule has 0 radical (unpaired) electrons. The molecule has 0 saturated heterocycles. The number of benzene rings is 1. The second-order valence-corrected chi connectivity index (χ2v) is 4.33. The van der Waals surface area contributed by atoms with Crippen LogP contribution in [0.15, 0.2) is 48.7 Å². The van der Waals surface area contributed by atoms with Crippen molar-refractivity contribution in [3.8, 4) is 22.8 Å². The molecule has 106 valence electrons. The van der Waals surface area contributed by atoms with Gasteiger partial charge in [0.15, 0.2) is 5.82 Å². The normalized spacial score (nSPS) is 10.6. The van der Waals surface area contributed by atoms with E-state index in [0.717, 1.165) is 11.3 Å². The van der Waals surface area contributed by atoms with Crippen LogP contribution in [0.2, 0.25) is 0 Å². The average molecular weight is 284 g/mol. The molecule has 0 N–H and O–H groups in total. The molecule has 0 unspecified atom stereocenters. The maximum atomic E-state index is 13.1. The predicted octanol–water partition coefficient (Wildman–Crippen LogP) is 2.87. The van der Waals surface area contributed by atoms with Gasteiger partial charge in [0.2, 0.25) is 5.95 Å². The van der Waals surface area contributed by atoms with E-state index in [9.17, 15) is 4.39 Å². The van der Waals surface area contributed by atoms with Gasteiger partial charge in [0.25, 0.3) is 0 Å². The van der Waals surface area contributed by atoms with Crippen molar-refractivity contribution in [1.82, 2.24) is 20.0 Å². The Morgan fingerprint density at radius 3 is 2.86 bits per heavy atom. The third-order valence-electron chi connectivity index (χ3n) is 2.87. The molecule has 0 bridgehead atoms. The van der Waals surface area contributed by atoms with Gasteiger partial charge in [-0.2, -0.15) is 4.39 Å². The summed E-state index contributed by atoms with van der Waals surface area (Å²) in [5.41, 5.74) is 1.55. The largest absolute Gasteiger partial charge is 0.494 e. The maximum Gasteiger partial charge on any atom is 0.214 e. The number of ether oxygens (including phenoxy) is 1. The van der Waals surface area contributed by atoms with E-state index < -0.39 is 5.95 Å². The van der Waals surface area contributed by atoms with Crippen molar-refractivity contribution < 1.29 is 9.13 Å². The summed E-state index contributed by atoms with van der Waals surface area (Å²) in [6.45, 7) is 2.53. The summed E-state index contributed by atoms with van der Waals surface area (Å²) in [6, 6.07) is 12.1. The third-order valence-corrected chi connectivity index (χ3v) is 2.87. The first kappa shape index (κ1) is 13.2. The van der Waals surface area contributed by atoms with Crippen LogP contribution in [0.25, 0.3) is 17.1 Å². The molecule has 2 heterocycles. The highest BCUT2D eigenvalue weighted by atomic mass is 19.1. The van der Waals surface area contributed by atoms with E-state index in [1.54, 1.807) is 18.3 Å². The lowest BCUT2D eigenvalue weighted by atomic mass is 10.1. The van der Waals surface area contributed by atoms with Crippen LogP contribution in [0.4, 0.5) is 4.39 Å². The lowest BCUT2D eigenvalue weighted by Crippen LogP contribution is -1.99. The molecule has 3 aromatic rings. The number of nitrogens with zero attached hydrogens (tertiary/aromatic N) is 4. The van der Waals surface area contributed by atoms with Crippen LogP contribution in [0, 0.1) is 5.95 Å². The molecule has 0 aliphatic rings. The lowest BCUT2D eigenvalue weighted by molar-refractivity contribution is 0.340. The van der Waals surface area contributed by atoms with E-state index in [1.165, 1.54) is 10.7 Å². The van der Waals surface area contributed by atoms with Crippen molar-refractivity contribution in [2.75, 3.05) is 6.61 Å². The van der Waals surface area contributed by atoms with Crippen molar-refractivity contribution in [1.29, 1.82) is 0 Å². The standard InChI is InChI=1S/C15H13FN4O/c1-2-21-12-6-3-5-11(9-12)13-10-20(19-18-13)15-8-4-7-14(16)17-15/h3-10H,2H2,1H3. The molecule has 3 rings (SSSR count). The number of halogens is 1. The van der Waals surface area contributed by atoms with Crippen molar-refractivity contribution >= 4 is 0 Å². The number of hydrogen-bond donors (Lipinski definition) is 0. The Bertz CT molecular complexity index is 757. The zero-order valence-corrected chi connectivity index (χ0v) is 11.4. The molecule has 0 fully saturated rings. The minimum atomic E-state index is -0.553. The molecule has 0 amide bonds. The summed E-state index contributed by atoms with van der Waals surface area (Å²) in [7, 11) is 0. The minimum absolute atomic E-state index is 0.384. The molecular formula is C15H13FN4O. The Morgan fingerprint density at radius 2 is 2.05 bits per heavy atom. The third kappa shape index (κ3) is 2.89. The Labute approximate surface area is 121 Å². The fourth-order valence-corrected chi connectivity index (χ4v) is 1.95. The number of hydrogen-bond acceptors (Lipinski definition) is 4. The number of rotatable bonds is 4. The van der Waals surface area contributed by atoms with Crippen molar-refractivity contribution in [2.24, 2.45) is 0 Å². The highest BCUT2D eigenvalue weighted by molar-refractivity contribution is 5.60. The molecular weight excluding hydrogens is 271 g/mol. The van der Waals surface area contributed by atoms with Gasteiger partial charge in [-0.25, -0.2) is 9.67 Å². The van der Waals surface area contributed by atoms with Gasteiger partial charge < -0.3 is 4.74 Å². The van der Waals surface area contributed by atoms with Crippen molar-refractivity contribution in [3.05, 3.63) is 54.6 Å². The summed E-state index contributed by atoms with van der Waals surface area (Å²) >= 11 is 0. The smallest absolute Gasteiger partial charge is 0.214 e. The first-order chi connectivity index (χ1) is 10.3. The van der Waals surface area contributed by atoms with Crippen LogP contribution in [-0.2, 0) is 0 Å². The second kappa shape index (κ2) is 5.70. The highest BCUT2D eigenvalue weighted by Gasteiger charge is 2.07. The summed E-state index contributed by atoms with van der Waals surface area (Å²) in [5, 5.41) is 8.06. The lowest BCUT2D eigenvalue weighted by Gasteiger charge is -2.03. The fraction of sp³-hybridized carbons (Fsp3) is 0.133. The molecule has 2 aromatic heterocycles. The number of aromatic nitrogens is 4. The van der Waals surface area contributed by atoms with E-state index >= 15 is 0 Å². The van der Waals surface area contributed by atoms with Gasteiger partial charge in [-0.05, 0) is 31.2 Å². The highest BCUT2D eigenvalue weighted by Crippen LogP contribution is 2.22. The Balaban J connectivity index is 1.93. The zero-order chi connectivity index (χ0) is 14.7. The molecule has 21 heavy (non-hydrogen) atoms. The Hall–Kier alpha value is -2.76. The van der Waals surface area contributed by atoms with E-state index in [0.29, 0.717) is 18.1 Å². The first-order valence-electron chi connectivity index (χ1n) is 6.55. The first-order valence-corrected chi connectivity index (χ1v) is 6.55. The van der Waals surface area contributed by atoms with Gasteiger partial charge in [0, 0.05) is 5.56 Å². The van der Waals surface area contributed by atoms with Gasteiger partial charge in [0.05, 0.1) is 12.8 Å². The van der Waals surface area contributed by atoms with Gasteiger partial charge in [0.1, 0.15) is 11.4 Å². The maximum absolute atomic E-state index is 13.1. The molecule has 6 heteroatoms. The number of pyridine rings is 1. The van der Waals surface area contributed by atoms with E-state index in [2.05, 4.69) is 15.3 Å².